The monoisotopic (exact) mass is 274 g/mol. The molecular formula is C18H14N2O. The molecular weight excluding hydrogens is 260 g/mol. The van der Waals surface area contributed by atoms with Crippen molar-refractivity contribution in [2.45, 2.75) is 0 Å². The van der Waals surface area contributed by atoms with Crippen molar-refractivity contribution >= 4 is 11.9 Å². The minimum atomic E-state index is 0.191. The second-order valence-corrected chi connectivity index (χ2v) is 4.55. The van der Waals surface area contributed by atoms with E-state index in [1.807, 2.05) is 66.7 Å². The zero-order valence-corrected chi connectivity index (χ0v) is 11.3. The molecule has 21 heavy (non-hydrogen) atoms. The van der Waals surface area contributed by atoms with Gasteiger partial charge in [-0.15, -0.1) is 0 Å². The number of rotatable bonds is 3. The van der Waals surface area contributed by atoms with Crippen molar-refractivity contribution in [3.63, 3.8) is 0 Å². The van der Waals surface area contributed by atoms with Crippen LogP contribution >= 0.6 is 0 Å². The molecule has 3 rings (SSSR count). The molecule has 0 radical (unpaired) electrons. The standard InChI is InChI=1S/C18H14N2O/c21-18-14(13-20-15-8-2-1-3-9-15)7-6-10-16(18)17-11-4-5-12-19-17/h1-13,21H. The summed E-state index contributed by atoms with van der Waals surface area (Å²) in [5, 5.41) is 10.4. The summed E-state index contributed by atoms with van der Waals surface area (Å²) in [7, 11) is 0. The van der Waals surface area contributed by atoms with Gasteiger partial charge in [-0.05, 0) is 36.4 Å². The Labute approximate surface area is 123 Å². The zero-order chi connectivity index (χ0) is 14.5. The Bertz CT molecular complexity index is 753. The van der Waals surface area contributed by atoms with Crippen LogP contribution in [0, 0.1) is 0 Å². The molecule has 0 aliphatic carbocycles. The largest absolute Gasteiger partial charge is 0.507 e. The van der Waals surface area contributed by atoms with E-state index in [2.05, 4.69) is 9.98 Å². The minimum Gasteiger partial charge on any atom is -0.507 e. The summed E-state index contributed by atoms with van der Waals surface area (Å²) in [5.41, 5.74) is 2.96. The van der Waals surface area contributed by atoms with E-state index in [9.17, 15) is 5.11 Å². The smallest absolute Gasteiger partial charge is 0.133 e. The number of benzene rings is 2. The first-order chi connectivity index (χ1) is 10.3. The van der Waals surface area contributed by atoms with Gasteiger partial charge in [-0.1, -0.05) is 30.3 Å². The van der Waals surface area contributed by atoms with Crippen LogP contribution in [0.1, 0.15) is 5.56 Å². The highest BCUT2D eigenvalue weighted by Gasteiger charge is 2.08. The van der Waals surface area contributed by atoms with Gasteiger partial charge >= 0.3 is 0 Å². The lowest BCUT2D eigenvalue weighted by atomic mass is 10.1. The summed E-state index contributed by atoms with van der Waals surface area (Å²) in [6.07, 6.45) is 3.37. The molecule has 3 aromatic rings. The van der Waals surface area contributed by atoms with Crippen LogP contribution in [0.25, 0.3) is 11.3 Å². The molecule has 0 saturated carbocycles. The molecule has 3 nitrogen and oxygen atoms in total. The van der Waals surface area contributed by atoms with Crippen LogP contribution < -0.4 is 0 Å². The molecule has 0 bridgehead atoms. The highest BCUT2D eigenvalue weighted by Crippen LogP contribution is 2.30. The Balaban J connectivity index is 1.96. The molecule has 2 aromatic carbocycles. The van der Waals surface area contributed by atoms with Crippen LogP contribution in [0.15, 0.2) is 77.9 Å². The predicted octanol–water partition coefficient (Wildman–Crippen LogP) is 4.20. The van der Waals surface area contributed by atoms with E-state index in [1.165, 1.54) is 0 Å². The number of pyridine rings is 1. The summed E-state index contributed by atoms with van der Waals surface area (Å²) >= 11 is 0. The van der Waals surface area contributed by atoms with Gasteiger partial charge in [0.1, 0.15) is 5.75 Å². The maximum atomic E-state index is 10.4. The Morgan fingerprint density at radius 1 is 0.857 bits per heavy atom. The predicted molar refractivity (Wildman–Crippen MR) is 85.0 cm³/mol. The van der Waals surface area contributed by atoms with Crippen LogP contribution in [-0.2, 0) is 0 Å². The van der Waals surface area contributed by atoms with Gasteiger partial charge in [-0.3, -0.25) is 9.98 Å². The van der Waals surface area contributed by atoms with Crippen molar-refractivity contribution in [1.29, 1.82) is 0 Å². The van der Waals surface area contributed by atoms with Gasteiger partial charge in [0.25, 0.3) is 0 Å². The number of hydrogen-bond donors (Lipinski definition) is 1. The Kier molecular flexibility index (Phi) is 3.74. The van der Waals surface area contributed by atoms with Crippen molar-refractivity contribution in [2.75, 3.05) is 0 Å². The maximum absolute atomic E-state index is 10.4. The molecule has 0 unspecified atom stereocenters. The van der Waals surface area contributed by atoms with Gasteiger partial charge in [0.2, 0.25) is 0 Å². The second kappa shape index (κ2) is 6.01. The van der Waals surface area contributed by atoms with Crippen molar-refractivity contribution in [1.82, 2.24) is 4.98 Å². The number of para-hydroxylation sites is 2. The average molecular weight is 274 g/mol. The van der Waals surface area contributed by atoms with Gasteiger partial charge in [0.15, 0.2) is 0 Å². The molecule has 0 fully saturated rings. The van der Waals surface area contributed by atoms with Gasteiger partial charge in [0, 0.05) is 23.5 Å². The Morgan fingerprint density at radius 3 is 2.43 bits per heavy atom. The number of phenolic OH excluding ortho intramolecular Hbond substituents is 1. The molecule has 1 aromatic heterocycles. The molecule has 1 N–H and O–H groups in total. The molecule has 0 aliphatic rings. The fourth-order valence-electron chi connectivity index (χ4n) is 2.05. The van der Waals surface area contributed by atoms with Gasteiger partial charge in [-0.2, -0.15) is 0 Å². The van der Waals surface area contributed by atoms with E-state index in [1.54, 1.807) is 12.4 Å². The maximum Gasteiger partial charge on any atom is 0.133 e. The quantitative estimate of drug-likeness (QED) is 0.727. The normalized spacial score (nSPS) is 10.9. The second-order valence-electron chi connectivity index (χ2n) is 4.55. The molecule has 0 aliphatic heterocycles. The Morgan fingerprint density at radius 2 is 1.67 bits per heavy atom. The number of aliphatic imine (C=N–C) groups is 1. The molecule has 102 valence electrons. The van der Waals surface area contributed by atoms with Crippen LogP contribution in [0.3, 0.4) is 0 Å². The van der Waals surface area contributed by atoms with E-state index in [4.69, 9.17) is 0 Å². The van der Waals surface area contributed by atoms with Gasteiger partial charge in [0.05, 0.1) is 11.4 Å². The van der Waals surface area contributed by atoms with Gasteiger partial charge in [-0.25, -0.2) is 0 Å². The van der Waals surface area contributed by atoms with Crippen LogP contribution in [-0.4, -0.2) is 16.3 Å². The topological polar surface area (TPSA) is 45.5 Å². The first-order valence-corrected chi connectivity index (χ1v) is 6.67. The molecule has 0 amide bonds. The summed E-state index contributed by atoms with van der Waals surface area (Å²) in [5.74, 6) is 0.191. The van der Waals surface area contributed by atoms with Crippen molar-refractivity contribution < 1.29 is 5.11 Å². The number of nitrogens with zero attached hydrogens (tertiary/aromatic N) is 2. The number of aromatic nitrogens is 1. The summed E-state index contributed by atoms with van der Waals surface area (Å²) in [6, 6.07) is 20.8. The highest BCUT2D eigenvalue weighted by atomic mass is 16.3. The first kappa shape index (κ1) is 13.1. The average Bonchev–Trinajstić information content (AvgIpc) is 2.56. The van der Waals surface area contributed by atoms with E-state index >= 15 is 0 Å². The molecule has 1 heterocycles. The Hall–Kier alpha value is -2.94. The van der Waals surface area contributed by atoms with E-state index in [0.29, 0.717) is 11.1 Å². The zero-order valence-electron chi connectivity index (χ0n) is 11.3. The number of aromatic hydroxyl groups is 1. The lowest BCUT2D eigenvalue weighted by Gasteiger charge is -2.06. The van der Waals surface area contributed by atoms with E-state index in [0.717, 1.165) is 11.4 Å². The van der Waals surface area contributed by atoms with Crippen molar-refractivity contribution in [2.24, 2.45) is 4.99 Å². The molecule has 0 spiro atoms. The summed E-state index contributed by atoms with van der Waals surface area (Å²) in [6.45, 7) is 0. The fraction of sp³-hybridized carbons (Fsp3) is 0. The van der Waals surface area contributed by atoms with E-state index < -0.39 is 0 Å². The lowest BCUT2D eigenvalue weighted by molar-refractivity contribution is 0.476. The molecule has 0 atom stereocenters. The highest BCUT2D eigenvalue weighted by molar-refractivity contribution is 5.89. The third kappa shape index (κ3) is 2.98. The number of hydrogen-bond acceptors (Lipinski definition) is 3. The third-order valence-corrected chi connectivity index (χ3v) is 3.12. The lowest BCUT2D eigenvalue weighted by Crippen LogP contribution is -1.88. The van der Waals surface area contributed by atoms with Gasteiger partial charge < -0.3 is 5.11 Å². The minimum absolute atomic E-state index is 0.191. The van der Waals surface area contributed by atoms with Crippen molar-refractivity contribution in [3.8, 4) is 17.0 Å². The molecule has 0 saturated heterocycles. The first-order valence-electron chi connectivity index (χ1n) is 6.67. The van der Waals surface area contributed by atoms with Crippen LogP contribution in [0.5, 0.6) is 5.75 Å². The number of phenols is 1. The van der Waals surface area contributed by atoms with Crippen LogP contribution in [0.2, 0.25) is 0 Å². The summed E-state index contributed by atoms with van der Waals surface area (Å²) in [4.78, 5) is 8.63. The molecule has 3 heteroatoms. The van der Waals surface area contributed by atoms with E-state index in [-0.39, 0.29) is 5.75 Å². The van der Waals surface area contributed by atoms with Crippen molar-refractivity contribution in [3.05, 3.63) is 78.5 Å². The SMILES string of the molecule is Oc1c(C=Nc2ccccc2)cccc1-c1ccccn1. The van der Waals surface area contributed by atoms with Crippen LogP contribution in [0.4, 0.5) is 5.69 Å². The summed E-state index contributed by atoms with van der Waals surface area (Å²) < 4.78 is 0. The third-order valence-electron chi connectivity index (χ3n) is 3.12. The fourth-order valence-corrected chi connectivity index (χ4v) is 2.05.